The first kappa shape index (κ1) is 11.9. The first-order valence-electron chi connectivity index (χ1n) is 5.85. The lowest BCUT2D eigenvalue weighted by Crippen LogP contribution is -1.99. The van der Waals surface area contributed by atoms with Gasteiger partial charge >= 0.3 is 0 Å². The predicted octanol–water partition coefficient (Wildman–Crippen LogP) is 3.68. The number of hydrogen-bond donors (Lipinski definition) is 1. The minimum atomic E-state index is 0.672. The van der Waals surface area contributed by atoms with Gasteiger partial charge in [0.2, 0.25) is 0 Å². The molecule has 0 saturated carbocycles. The molecule has 0 aromatic heterocycles. The van der Waals surface area contributed by atoms with Gasteiger partial charge in [0.25, 0.3) is 0 Å². The maximum atomic E-state index is 8.94. The third-order valence-electron chi connectivity index (χ3n) is 2.57. The van der Waals surface area contributed by atoms with E-state index in [0.717, 1.165) is 5.69 Å². The topological polar surface area (TPSA) is 35.8 Å². The normalized spacial score (nSPS) is 10.2. The average Bonchev–Trinajstić information content (AvgIpc) is 2.45. The van der Waals surface area contributed by atoms with Crippen LogP contribution in [0.5, 0.6) is 0 Å². The van der Waals surface area contributed by atoms with Crippen molar-refractivity contribution in [3.05, 3.63) is 71.8 Å². The monoisotopic (exact) mass is 234 g/mol. The largest absolute Gasteiger partial charge is 0.380 e. The summed E-state index contributed by atoms with van der Waals surface area (Å²) in [6.07, 6.45) is 4.10. The molecule has 0 aliphatic rings. The van der Waals surface area contributed by atoms with Crippen LogP contribution in [-0.4, -0.2) is 6.54 Å². The summed E-state index contributed by atoms with van der Waals surface area (Å²) in [5, 5.41) is 12.2. The summed E-state index contributed by atoms with van der Waals surface area (Å²) < 4.78 is 0. The summed E-state index contributed by atoms with van der Waals surface area (Å²) in [4.78, 5) is 0. The highest BCUT2D eigenvalue weighted by Crippen LogP contribution is 2.13. The van der Waals surface area contributed by atoms with E-state index in [0.29, 0.717) is 12.1 Å². The van der Waals surface area contributed by atoms with Crippen molar-refractivity contribution in [2.24, 2.45) is 0 Å². The van der Waals surface area contributed by atoms with Gasteiger partial charge in [-0.05, 0) is 17.7 Å². The van der Waals surface area contributed by atoms with E-state index in [9.17, 15) is 0 Å². The van der Waals surface area contributed by atoms with Gasteiger partial charge in [-0.1, -0.05) is 54.6 Å². The van der Waals surface area contributed by atoms with Crippen LogP contribution in [0.15, 0.2) is 60.7 Å². The summed E-state index contributed by atoms with van der Waals surface area (Å²) in [6, 6.07) is 19.8. The van der Waals surface area contributed by atoms with Crippen LogP contribution in [0.4, 0.5) is 5.69 Å². The highest BCUT2D eigenvalue weighted by atomic mass is 14.9. The molecule has 18 heavy (non-hydrogen) atoms. The zero-order chi connectivity index (χ0) is 12.6. The van der Waals surface area contributed by atoms with Crippen LogP contribution in [0.3, 0.4) is 0 Å². The number of anilines is 1. The molecule has 0 bridgehead atoms. The molecule has 0 unspecified atom stereocenters. The smallest absolute Gasteiger partial charge is 0.101 e. The van der Waals surface area contributed by atoms with E-state index in [4.69, 9.17) is 5.26 Å². The first-order chi connectivity index (χ1) is 8.90. The van der Waals surface area contributed by atoms with Gasteiger partial charge in [-0.15, -0.1) is 0 Å². The van der Waals surface area contributed by atoms with Gasteiger partial charge in [-0.2, -0.15) is 5.26 Å². The quantitative estimate of drug-likeness (QED) is 0.875. The lowest BCUT2D eigenvalue weighted by molar-refractivity contribution is 1.33. The maximum absolute atomic E-state index is 8.94. The third kappa shape index (κ3) is 3.23. The van der Waals surface area contributed by atoms with E-state index < -0.39 is 0 Å². The van der Waals surface area contributed by atoms with Crippen molar-refractivity contribution in [2.75, 3.05) is 11.9 Å². The summed E-state index contributed by atoms with van der Waals surface area (Å²) in [5.74, 6) is 0. The number of hydrogen-bond acceptors (Lipinski definition) is 2. The molecule has 0 heterocycles. The lowest BCUT2D eigenvalue weighted by atomic mass is 10.2. The van der Waals surface area contributed by atoms with Gasteiger partial charge in [0.15, 0.2) is 0 Å². The molecule has 0 amide bonds. The number of benzene rings is 2. The molecule has 2 rings (SSSR count). The standard InChI is InChI=1S/C16H14N2/c17-13-15-10-4-5-11-16(15)18-12-6-9-14-7-2-1-3-8-14/h1-11,18H,12H2/b9-6+. The third-order valence-corrected chi connectivity index (χ3v) is 2.57. The molecule has 0 aliphatic heterocycles. The van der Waals surface area contributed by atoms with Gasteiger partial charge in [-0.3, -0.25) is 0 Å². The molecule has 0 aliphatic carbocycles. The molecule has 88 valence electrons. The molecule has 0 spiro atoms. The molecule has 0 fully saturated rings. The molecule has 2 aromatic rings. The van der Waals surface area contributed by atoms with Crippen LogP contribution in [0.25, 0.3) is 6.08 Å². The Morgan fingerprint density at radius 2 is 1.72 bits per heavy atom. The average molecular weight is 234 g/mol. The minimum absolute atomic E-state index is 0.672. The molecule has 0 saturated heterocycles. The van der Waals surface area contributed by atoms with Crippen LogP contribution >= 0.6 is 0 Å². The van der Waals surface area contributed by atoms with E-state index >= 15 is 0 Å². The van der Waals surface area contributed by atoms with Crippen molar-refractivity contribution >= 4 is 11.8 Å². The van der Waals surface area contributed by atoms with Crippen LogP contribution < -0.4 is 5.32 Å². The number of rotatable bonds is 4. The van der Waals surface area contributed by atoms with Crippen molar-refractivity contribution in [2.45, 2.75) is 0 Å². The molecule has 2 heteroatoms. The van der Waals surface area contributed by atoms with Gasteiger partial charge in [0, 0.05) is 6.54 Å². The van der Waals surface area contributed by atoms with E-state index in [-0.39, 0.29) is 0 Å². The van der Waals surface area contributed by atoms with Crippen LogP contribution in [0.2, 0.25) is 0 Å². The maximum Gasteiger partial charge on any atom is 0.101 e. The molecule has 0 atom stereocenters. The second kappa shape index (κ2) is 6.27. The number of nitrogens with one attached hydrogen (secondary N) is 1. The van der Waals surface area contributed by atoms with Crippen molar-refractivity contribution in [3.8, 4) is 6.07 Å². The van der Waals surface area contributed by atoms with Gasteiger partial charge in [0.1, 0.15) is 6.07 Å². The van der Waals surface area contributed by atoms with Gasteiger partial charge in [-0.25, -0.2) is 0 Å². The Bertz CT molecular complexity index is 565. The predicted molar refractivity (Wildman–Crippen MR) is 75.1 cm³/mol. The highest BCUT2D eigenvalue weighted by Gasteiger charge is 1.97. The first-order valence-corrected chi connectivity index (χ1v) is 5.85. The second-order valence-electron chi connectivity index (χ2n) is 3.85. The number of nitriles is 1. The lowest BCUT2D eigenvalue weighted by Gasteiger charge is -2.04. The highest BCUT2D eigenvalue weighted by molar-refractivity contribution is 5.58. The van der Waals surface area contributed by atoms with Crippen molar-refractivity contribution in [1.29, 1.82) is 5.26 Å². The van der Waals surface area contributed by atoms with Gasteiger partial charge < -0.3 is 5.32 Å². The Morgan fingerprint density at radius 1 is 1.00 bits per heavy atom. The van der Waals surface area contributed by atoms with E-state index in [2.05, 4.69) is 29.6 Å². The molecular weight excluding hydrogens is 220 g/mol. The van der Waals surface area contributed by atoms with Crippen LogP contribution in [-0.2, 0) is 0 Å². The Morgan fingerprint density at radius 3 is 2.50 bits per heavy atom. The summed E-state index contributed by atoms with van der Waals surface area (Å²) in [5.41, 5.74) is 2.72. The Labute approximate surface area is 107 Å². The van der Waals surface area contributed by atoms with E-state index in [1.54, 1.807) is 0 Å². The fourth-order valence-corrected chi connectivity index (χ4v) is 1.66. The van der Waals surface area contributed by atoms with Crippen LogP contribution in [0, 0.1) is 11.3 Å². The molecule has 0 radical (unpaired) electrons. The molecular formula is C16H14N2. The van der Waals surface area contributed by atoms with Crippen LogP contribution in [0.1, 0.15) is 11.1 Å². The minimum Gasteiger partial charge on any atom is -0.380 e. The number of nitrogens with zero attached hydrogens (tertiary/aromatic N) is 1. The second-order valence-corrected chi connectivity index (χ2v) is 3.85. The summed E-state index contributed by atoms with van der Waals surface area (Å²) >= 11 is 0. The van der Waals surface area contributed by atoms with E-state index in [1.807, 2.05) is 48.5 Å². The zero-order valence-electron chi connectivity index (χ0n) is 10.0. The van der Waals surface area contributed by atoms with E-state index in [1.165, 1.54) is 5.56 Å². The van der Waals surface area contributed by atoms with Gasteiger partial charge in [0.05, 0.1) is 11.3 Å². The molecule has 2 nitrogen and oxygen atoms in total. The summed E-state index contributed by atoms with van der Waals surface area (Å²) in [6.45, 7) is 0.702. The van der Waals surface area contributed by atoms with Crippen molar-refractivity contribution in [3.63, 3.8) is 0 Å². The number of para-hydroxylation sites is 1. The SMILES string of the molecule is N#Cc1ccccc1NC/C=C/c1ccccc1. The Kier molecular flexibility index (Phi) is 4.16. The molecule has 2 aromatic carbocycles. The zero-order valence-corrected chi connectivity index (χ0v) is 10.0. The van der Waals surface area contributed by atoms with Crippen molar-refractivity contribution in [1.82, 2.24) is 0 Å². The molecule has 1 N–H and O–H groups in total. The van der Waals surface area contributed by atoms with Crippen molar-refractivity contribution < 1.29 is 0 Å². The Hall–Kier alpha value is -2.53. The fraction of sp³-hybridized carbons (Fsp3) is 0.0625. The summed E-state index contributed by atoms with van der Waals surface area (Å²) in [7, 11) is 0. The fourth-order valence-electron chi connectivity index (χ4n) is 1.66. The Balaban J connectivity index is 1.93.